The maximum atomic E-state index is 12.0. The molecule has 0 saturated heterocycles. The van der Waals surface area contributed by atoms with Crippen molar-refractivity contribution in [3.05, 3.63) is 71.8 Å². The topological polar surface area (TPSA) is 58.6 Å². The Balaban J connectivity index is 1.89. The normalized spacial score (nSPS) is 12.1. The van der Waals surface area contributed by atoms with E-state index in [9.17, 15) is 9.90 Å². The van der Waals surface area contributed by atoms with Crippen LogP contribution in [0.1, 0.15) is 11.1 Å². The molecule has 2 rings (SSSR count). The van der Waals surface area contributed by atoms with E-state index >= 15 is 0 Å². The number of carbonyl (C=O) groups excluding carboxylic acids is 1. The van der Waals surface area contributed by atoms with Gasteiger partial charge in [-0.2, -0.15) is 0 Å². The van der Waals surface area contributed by atoms with Crippen LogP contribution in [0, 0.1) is 0 Å². The standard InChI is InChI=1S/C19H21NO3/c1-23-18-10-7-15(8-11-18)9-12-19(22)20-17(14-21)13-16-5-3-2-4-6-16/h2-12,17,21H,13-14H2,1H3,(H,20,22)/b12-9+/t17-/m1/s1. The second kappa shape index (κ2) is 8.76. The number of benzene rings is 2. The summed E-state index contributed by atoms with van der Waals surface area (Å²) in [7, 11) is 1.61. The zero-order chi connectivity index (χ0) is 16.5. The lowest BCUT2D eigenvalue weighted by Crippen LogP contribution is -2.38. The number of ether oxygens (including phenoxy) is 1. The molecule has 23 heavy (non-hydrogen) atoms. The van der Waals surface area contributed by atoms with E-state index in [1.54, 1.807) is 13.2 Å². The van der Waals surface area contributed by atoms with E-state index in [2.05, 4.69) is 5.32 Å². The van der Waals surface area contributed by atoms with E-state index in [4.69, 9.17) is 4.74 Å². The van der Waals surface area contributed by atoms with Crippen molar-refractivity contribution >= 4 is 12.0 Å². The van der Waals surface area contributed by atoms with Gasteiger partial charge in [0.05, 0.1) is 19.8 Å². The molecule has 0 aliphatic rings. The van der Waals surface area contributed by atoms with Crippen LogP contribution in [-0.2, 0) is 11.2 Å². The molecule has 4 nitrogen and oxygen atoms in total. The van der Waals surface area contributed by atoms with Gasteiger partial charge in [-0.1, -0.05) is 42.5 Å². The van der Waals surface area contributed by atoms with Gasteiger partial charge in [0, 0.05) is 6.08 Å². The third-order valence-corrected chi connectivity index (χ3v) is 3.43. The van der Waals surface area contributed by atoms with Crippen LogP contribution in [0.5, 0.6) is 5.75 Å². The summed E-state index contributed by atoms with van der Waals surface area (Å²) in [6.45, 7) is -0.100. The molecule has 0 spiro atoms. The van der Waals surface area contributed by atoms with Crippen molar-refractivity contribution in [3.63, 3.8) is 0 Å². The first-order valence-corrected chi connectivity index (χ1v) is 7.48. The molecule has 2 N–H and O–H groups in total. The predicted molar refractivity (Wildman–Crippen MR) is 91.2 cm³/mol. The van der Waals surface area contributed by atoms with Crippen LogP contribution < -0.4 is 10.1 Å². The summed E-state index contributed by atoms with van der Waals surface area (Å²) in [6, 6.07) is 16.9. The van der Waals surface area contributed by atoms with Crippen LogP contribution in [0.4, 0.5) is 0 Å². The van der Waals surface area contributed by atoms with Crippen LogP contribution in [0.15, 0.2) is 60.7 Å². The number of aliphatic hydroxyl groups excluding tert-OH is 1. The first-order valence-electron chi connectivity index (χ1n) is 7.48. The van der Waals surface area contributed by atoms with Gasteiger partial charge in [-0.3, -0.25) is 4.79 Å². The van der Waals surface area contributed by atoms with Crippen molar-refractivity contribution < 1.29 is 14.6 Å². The van der Waals surface area contributed by atoms with E-state index in [1.165, 1.54) is 6.08 Å². The highest BCUT2D eigenvalue weighted by Crippen LogP contribution is 2.12. The lowest BCUT2D eigenvalue weighted by molar-refractivity contribution is -0.117. The summed E-state index contributed by atoms with van der Waals surface area (Å²) in [4.78, 5) is 12.0. The Labute approximate surface area is 136 Å². The predicted octanol–water partition coefficient (Wildman–Crippen LogP) is 2.43. The van der Waals surface area contributed by atoms with Crippen molar-refractivity contribution in [2.45, 2.75) is 12.5 Å². The van der Waals surface area contributed by atoms with E-state index in [-0.39, 0.29) is 18.6 Å². The van der Waals surface area contributed by atoms with Gasteiger partial charge in [-0.05, 0) is 35.8 Å². The average molecular weight is 311 g/mol. The number of rotatable bonds is 7. The minimum absolute atomic E-state index is 0.100. The van der Waals surface area contributed by atoms with Crippen LogP contribution in [0.25, 0.3) is 6.08 Å². The number of carbonyl (C=O) groups is 1. The van der Waals surface area contributed by atoms with Gasteiger partial charge in [0.15, 0.2) is 0 Å². The van der Waals surface area contributed by atoms with Crippen LogP contribution in [-0.4, -0.2) is 30.8 Å². The molecule has 0 heterocycles. The average Bonchev–Trinajstić information content (AvgIpc) is 2.60. The van der Waals surface area contributed by atoms with Crippen molar-refractivity contribution in [1.82, 2.24) is 5.32 Å². The molecule has 2 aromatic carbocycles. The summed E-state index contributed by atoms with van der Waals surface area (Å²) in [5.74, 6) is 0.547. The number of amides is 1. The molecule has 0 unspecified atom stereocenters. The largest absolute Gasteiger partial charge is 0.497 e. The Morgan fingerprint density at radius 1 is 1.17 bits per heavy atom. The molecule has 0 radical (unpaired) electrons. The molecular formula is C19H21NO3. The van der Waals surface area contributed by atoms with Crippen molar-refractivity contribution in [2.75, 3.05) is 13.7 Å². The molecule has 4 heteroatoms. The van der Waals surface area contributed by atoms with Gasteiger partial charge >= 0.3 is 0 Å². The molecule has 0 aliphatic heterocycles. The van der Waals surface area contributed by atoms with Gasteiger partial charge < -0.3 is 15.2 Å². The smallest absolute Gasteiger partial charge is 0.244 e. The number of hydrogen-bond acceptors (Lipinski definition) is 3. The first-order chi connectivity index (χ1) is 11.2. The van der Waals surface area contributed by atoms with Gasteiger partial charge in [-0.25, -0.2) is 0 Å². The van der Waals surface area contributed by atoms with Gasteiger partial charge in [0.25, 0.3) is 0 Å². The highest BCUT2D eigenvalue weighted by atomic mass is 16.5. The lowest BCUT2D eigenvalue weighted by atomic mass is 10.1. The molecule has 0 aromatic heterocycles. The highest BCUT2D eigenvalue weighted by Gasteiger charge is 2.10. The number of aliphatic hydroxyl groups is 1. The van der Waals surface area contributed by atoms with Crippen molar-refractivity contribution in [2.24, 2.45) is 0 Å². The first kappa shape index (κ1) is 16.8. The van der Waals surface area contributed by atoms with E-state index in [0.717, 1.165) is 16.9 Å². The third-order valence-electron chi connectivity index (χ3n) is 3.43. The van der Waals surface area contributed by atoms with Crippen LogP contribution >= 0.6 is 0 Å². The van der Waals surface area contributed by atoms with Gasteiger partial charge in [-0.15, -0.1) is 0 Å². The minimum Gasteiger partial charge on any atom is -0.497 e. The summed E-state index contributed by atoms with van der Waals surface area (Å²) < 4.78 is 5.09. The molecule has 2 aromatic rings. The van der Waals surface area contributed by atoms with Crippen molar-refractivity contribution in [1.29, 1.82) is 0 Å². The molecule has 120 valence electrons. The number of hydrogen-bond donors (Lipinski definition) is 2. The Bertz CT molecular complexity index is 635. The third kappa shape index (κ3) is 5.60. The molecule has 0 aliphatic carbocycles. The molecular weight excluding hydrogens is 290 g/mol. The Morgan fingerprint density at radius 2 is 1.87 bits per heavy atom. The second-order valence-corrected chi connectivity index (χ2v) is 5.18. The zero-order valence-corrected chi connectivity index (χ0v) is 13.1. The fourth-order valence-corrected chi connectivity index (χ4v) is 2.20. The Morgan fingerprint density at radius 3 is 2.48 bits per heavy atom. The Kier molecular flexibility index (Phi) is 6.39. The maximum absolute atomic E-state index is 12.0. The number of nitrogens with one attached hydrogen (secondary N) is 1. The van der Waals surface area contributed by atoms with Gasteiger partial charge in [0.2, 0.25) is 5.91 Å². The van der Waals surface area contributed by atoms with E-state index < -0.39 is 0 Å². The number of methoxy groups -OCH3 is 1. The van der Waals surface area contributed by atoms with Gasteiger partial charge in [0.1, 0.15) is 5.75 Å². The highest BCUT2D eigenvalue weighted by molar-refractivity contribution is 5.91. The molecule has 1 atom stereocenters. The maximum Gasteiger partial charge on any atom is 0.244 e. The Hall–Kier alpha value is -2.59. The fraction of sp³-hybridized carbons (Fsp3) is 0.211. The molecule has 0 bridgehead atoms. The summed E-state index contributed by atoms with van der Waals surface area (Å²) >= 11 is 0. The lowest BCUT2D eigenvalue weighted by Gasteiger charge is -2.15. The minimum atomic E-state index is -0.301. The SMILES string of the molecule is COc1ccc(/C=C/C(=O)N[C@@H](CO)Cc2ccccc2)cc1. The molecule has 0 saturated carbocycles. The quantitative estimate of drug-likeness (QED) is 0.772. The van der Waals surface area contributed by atoms with Crippen LogP contribution in [0.2, 0.25) is 0 Å². The fourth-order valence-electron chi connectivity index (χ4n) is 2.20. The monoisotopic (exact) mass is 311 g/mol. The summed E-state index contributed by atoms with van der Waals surface area (Å²) in [5, 5.41) is 12.2. The molecule has 0 fully saturated rings. The molecule has 1 amide bonds. The van der Waals surface area contributed by atoms with Crippen LogP contribution in [0.3, 0.4) is 0 Å². The zero-order valence-electron chi connectivity index (χ0n) is 13.1. The van der Waals surface area contributed by atoms with E-state index in [1.807, 2.05) is 54.6 Å². The summed E-state index contributed by atoms with van der Waals surface area (Å²) in [6.07, 6.45) is 3.79. The second-order valence-electron chi connectivity index (χ2n) is 5.18. The van der Waals surface area contributed by atoms with Crippen molar-refractivity contribution in [3.8, 4) is 5.75 Å². The van der Waals surface area contributed by atoms with E-state index in [0.29, 0.717) is 6.42 Å². The summed E-state index contributed by atoms with van der Waals surface area (Å²) in [5.41, 5.74) is 1.98.